The van der Waals surface area contributed by atoms with E-state index in [4.69, 9.17) is 5.73 Å². The minimum Gasteiger partial charge on any atom is -0.341 e. The number of nitrogens with zero attached hydrogens (tertiary/aromatic N) is 1. The highest BCUT2D eigenvalue weighted by molar-refractivity contribution is 9.10. The molecule has 3 rings (SSSR count). The van der Waals surface area contributed by atoms with Crippen LogP contribution in [0.1, 0.15) is 38.4 Å². The summed E-state index contributed by atoms with van der Waals surface area (Å²) in [5, 5.41) is 0. The molecule has 3 N–H and O–H groups in total. The molecule has 0 spiro atoms. The molecule has 1 aliphatic carbocycles. The van der Waals surface area contributed by atoms with Gasteiger partial charge in [0.15, 0.2) is 0 Å². The Bertz CT molecular complexity index is 585. The smallest absolute Gasteiger partial charge is 0.139 e. The van der Waals surface area contributed by atoms with Crippen molar-refractivity contribution in [2.75, 3.05) is 0 Å². The first kappa shape index (κ1) is 13.1. The lowest BCUT2D eigenvalue weighted by atomic mass is 9.71. The van der Waals surface area contributed by atoms with Crippen molar-refractivity contribution >= 4 is 27.0 Å². The van der Waals surface area contributed by atoms with Crippen molar-refractivity contribution in [3.05, 3.63) is 28.2 Å². The van der Waals surface area contributed by atoms with E-state index in [-0.39, 0.29) is 17.3 Å². The molecule has 1 saturated carbocycles. The number of imidazole rings is 1. The minimum atomic E-state index is -0.277. The van der Waals surface area contributed by atoms with Crippen LogP contribution in [0.3, 0.4) is 0 Å². The standard InChI is InChI=1S/C14H17BrFN3/c1-14(5-3-2-4-12(14)17)13-18-10-6-8(15)9(16)7-11(10)19-13/h6-7,12H,2-5,17H2,1H3,(H,18,19). The van der Waals surface area contributed by atoms with Gasteiger partial charge in [-0.15, -0.1) is 0 Å². The van der Waals surface area contributed by atoms with Gasteiger partial charge in [0, 0.05) is 17.5 Å². The number of fused-ring (bicyclic) bond motifs is 1. The molecule has 102 valence electrons. The van der Waals surface area contributed by atoms with Gasteiger partial charge in [0.1, 0.15) is 11.6 Å². The first-order valence-electron chi connectivity index (χ1n) is 6.61. The van der Waals surface area contributed by atoms with Gasteiger partial charge in [0.25, 0.3) is 0 Å². The number of halogens is 2. The predicted molar refractivity (Wildman–Crippen MR) is 77.5 cm³/mol. The second-order valence-corrected chi connectivity index (χ2v) is 6.49. The molecule has 0 bridgehead atoms. The van der Waals surface area contributed by atoms with E-state index in [0.717, 1.165) is 29.7 Å². The summed E-state index contributed by atoms with van der Waals surface area (Å²) >= 11 is 3.19. The SMILES string of the molecule is CC1(c2nc3cc(Br)c(F)cc3[nH]2)CCCCC1N. The van der Waals surface area contributed by atoms with Gasteiger partial charge in [-0.25, -0.2) is 9.37 Å². The van der Waals surface area contributed by atoms with Crippen molar-refractivity contribution in [1.29, 1.82) is 0 Å². The number of aromatic amines is 1. The van der Waals surface area contributed by atoms with E-state index in [9.17, 15) is 4.39 Å². The number of rotatable bonds is 1. The average molecular weight is 326 g/mol. The monoisotopic (exact) mass is 325 g/mol. The van der Waals surface area contributed by atoms with Gasteiger partial charge in [-0.2, -0.15) is 0 Å². The van der Waals surface area contributed by atoms with E-state index in [1.165, 1.54) is 18.9 Å². The van der Waals surface area contributed by atoms with Gasteiger partial charge in [0.2, 0.25) is 0 Å². The topological polar surface area (TPSA) is 54.7 Å². The maximum absolute atomic E-state index is 13.6. The second-order valence-electron chi connectivity index (χ2n) is 5.64. The Hall–Kier alpha value is -0.940. The van der Waals surface area contributed by atoms with Crippen LogP contribution in [0.2, 0.25) is 0 Å². The van der Waals surface area contributed by atoms with Crippen LogP contribution in [-0.4, -0.2) is 16.0 Å². The Morgan fingerprint density at radius 1 is 1.47 bits per heavy atom. The van der Waals surface area contributed by atoms with E-state index in [1.807, 2.05) is 0 Å². The molecule has 1 aromatic carbocycles. The van der Waals surface area contributed by atoms with Crippen LogP contribution >= 0.6 is 15.9 Å². The fraction of sp³-hybridized carbons (Fsp3) is 0.500. The van der Waals surface area contributed by atoms with Crippen molar-refractivity contribution < 1.29 is 4.39 Å². The second kappa shape index (κ2) is 4.56. The maximum Gasteiger partial charge on any atom is 0.139 e. The van der Waals surface area contributed by atoms with Crippen molar-refractivity contribution in [2.45, 2.75) is 44.1 Å². The summed E-state index contributed by atoms with van der Waals surface area (Å²) in [5.41, 5.74) is 7.66. The molecule has 1 heterocycles. The number of hydrogen-bond donors (Lipinski definition) is 2. The first-order valence-corrected chi connectivity index (χ1v) is 7.41. The maximum atomic E-state index is 13.6. The predicted octanol–water partition coefficient (Wildman–Crippen LogP) is 3.62. The number of benzene rings is 1. The minimum absolute atomic E-state index is 0.107. The van der Waals surface area contributed by atoms with Gasteiger partial charge in [-0.05, 0) is 34.8 Å². The van der Waals surface area contributed by atoms with Gasteiger partial charge in [0.05, 0.1) is 15.5 Å². The molecular weight excluding hydrogens is 309 g/mol. The molecule has 0 saturated heterocycles. The Morgan fingerprint density at radius 3 is 3.00 bits per heavy atom. The lowest BCUT2D eigenvalue weighted by Crippen LogP contribution is -2.46. The molecule has 0 radical (unpaired) electrons. The van der Waals surface area contributed by atoms with Crippen LogP contribution in [0.4, 0.5) is 4.39 Å². The molecule has 5 heteroatoms. The highest BCUT2D eigenvalue weighted by atomic mass is 79.9. The molecule has 1 aliphatic rings. The Balaban J connectivity index is 2.10. The van der Waals surface area contributed by atoms with Gasteiger partial charge < -0.3 is 10.7 Å². The summed E-state index contributed by atoms with van der Waals surface area (Å²) in [6, 6.07) is 3.30. The van der Waals surface area contributed by atoms with Crippen LogP contribution in [0.15, 0.2) is 16.6 Å². The van der Waals surface area contributed by atoms with Crippen LogP contribution < -0.4 is 5.73 Å². The van der Waals surface area contributed by atoms with Crippen molar-refractivity contribution in [1.82, 2.24) is 9.97 Å². The summed E-state index contributed by atoms with van der Waals surface area (Å²) in [4.78, 5) is 7.88. The third-order valence-electron chi connectivity index (χ3n) is 4.34. The molecular formula is C14H17BrFN3. The van der Waals surface area contributed by atoms with Crippen LogP contribution in [0, 0.1) is 5.82 Å². The van der Waals surface area contributed by atoms with E-state index in [1.54, 1.807) is 6.07 Å². The lowest BCUT2D eigenvalue weighted by molar-refractivity contribution is 0.260. The molecule has 0 amide bonds. The van der Waals surface area contributed by atoms with Crippen molar-refractivity contribution in [2.24, 2.45) is 5.73 Å². The summed E-state index contributed by atoms with van der Waals surface area (Å²) < 4.78 is 14.0. The summed E-state index contributed by atoms with van der Waals surface area (Å²) in [5.74, 6) is 0.605. The Labute approximate surface area is 119 Å². The van der Waals surface area contributed by atoms with E-state index in [0.29, 0.717) is 4.47 Å². The third-order valence-corrected chi connectivity index (χ3v) is 4.95. The van der Waals surface area contributed by atoms with Crippen molar-refractivity contribution in [3.8, 4) is 0 Å². The fourth-order valence-electron chi connectivity index (χ4n) is 2.93. The summed E-state index contributed by atoms with van der Waals surface area (Å²) in [6.07, 6.45) is 4.39. The highest BCUT2D eigenvalue weighted by Crippen LogP contribution is 2.37. The van der Waals surface area contributed by atoms with Crippen LogP contribution in [0.5, 0.6) is 0 Å². The molecule has 19 heavy (non-hydrogen) atoms. The quantitative estimate of drug-likeness (QED) is 0.841. The highest BCUT2D eigenvalue weighted by Gasteiger charge is 2.38. The Kier molecular flexibility index (Phi) is 3.14. The van der Waals surface area contributed by atoms with Crippen LogP contribution in [0.25, 0.3) is 11.0 Å². The third kappa shape index (κ3) is 2.09. The van der Waals surface area contributed by atoms with E-state index < -0.39 is 0 Å². The molecule has 2 aromatic rings. The number of H-pyrrole nitrogens is 1. The number of aromatic nitrogens is 2. The van der Waals surface area contributed by atoms with E-state index in [2.05, 4.69) is 32.8 Å². The van der Waals surface area contributed by atoms with E-state index >= 15 is 0 Å². The first-order chi connectivity index (χ1) is 9.00. The molecule has 0 aliphatic heterocycles. The zero-order chi connectivity index (χ0) is 13.6. The Morgan fingerprint density at radius 2 is 2.26 bits per heavy atom. The zero-order valence-corrected chi connectivity index (χ0v) is 12.4. The molecule has 2 atom stereocenters. The van der Waals surface area contributed by atoms with Gasteiger partial charge >= 0.3 is 0 Å². The number of nitrogens with one attached hydrogen (secondary N) is 1. The van der Waals surface area contributed by atoms with Gasteiger partial charge in [-0.3, -0.25) is 0 Å². The average Bonchev–Trinajstić information content (AvgIpc) is 2.77. The normalized spacial score (nSPS) is 27.9. The summed E-state index contributed by atoms with van der Waals surface area (Å²) in [6.45, 7) is 2.15. The number of nitrogens with two attached hydrogens (primary N) is 1. The zero-order valence-electron chi connectivity index (χ0n) is 10.8. The van der Waals surface area contributed by atoms with Crippen molar-refractivity contribution in [3.63, 3.8) is 0 Å². The fourth-order valence-corrected chi connectivity index (χ4v) is 3.26. The molecule has 1 aromatic heterocycles. The molecule has 1 fully saturated rings. The lowest BCUT2D eigenvalue weighted by Gasteiger charge is -2.37. The van der Waals surface area contributed by atoms with Crippen LogP contribution in [-0.2, 0) is 5.41 Å². The molecule has 3 nitrogen and oxygen atoms in total. The molecule has 2 unspecified atom stereocenters. The summed E-state index contributed by atoms with van der Waals surface area (Å²) in [7, 11) is 0. The largest absolute Gasteiger partial charge is 0.341 e. The van der Waals surface area contributed by atoms with Gasteiger partial charge in [-0.1, -0.05) is 19.8 Å². The number of hydrogen-bond acceptors (Lipinski definition) is 2.